The molecule has 1 saturated carbocycles. The van der Waals surface area contributed by atoms with E-state index in [-0.39, 0.29) is 5.84 Å². The normalized spacial score (nSPS) is 26.9. The van der Waals surface area contributed by atoms with Crippen LogP contribution in [0.15, 0.2) is 29.4 Å². The first kappa shape index (κ1) is 13.4. The van der Waals surface area contributed by atoms with Crippen molar-refractivity contribution >= 4 is 5.84 Å². The Bertz CT molecular complexity index is 500. The lowest BCUT2D eigenvalue weighted by Gasteiger charge is -2.19. The van der Waals surface area contributed by atoms with E-state index in [2.05, 4.69) is 10.5 Å². The maximum absolute atomic E-state index is 8.72. The standard InChI is InChI=1S/C15H21N3O2/c16-15(18-19)12-3-1-2-10(8-12)9-17-13-6-7-20-14(13)11-4-5-11/h1-3,8,11,13-14,17,19H,4-7,9H2,(H2,16,18). The van der Waals surface area contributed by atoms with Gasteiger partial charge in [-0.1, -0.05) is 23.4 Å². The quantitative estimate of drug-likeness (QED) is 0.329. The number of benzene rings is 1. The smallest absolute Gasteiger partial charge is 0.170 e. The lowest BCUT2D eigenvalue weighted by molar-refractivity contribution is 0.0809. The topological polar surface area (TPSA) is 79.9 Å². The Morgan fingerprint density at radius 1 is 1.40 bits per heavy atom. The number of hydrogen-bond acceptors (Lipinski definition) is 4. The first-order valence-electron chi connectivity index (χ1n) is 7.20. The highest BCUT2D eigenvalue weighted by Gasteiger charge is 2.40. The molecule has 2 atom stereocenters. The molecule has 5 nitrogen and oxygen atoms in total. The highest BCUT2D eigenvalue weighted by atomic mass is 16.5. The SMILES string of the molecule is N/C(=N/O)c1cccc(CNC2CCOC2C2CC2)c1. The Hall–Kier alpha value is -1.59. The molecule has 108 valence electrons. The first-order valence-corrected chi connectivity index (χ1v) is 7.20. The third-order valence-corrected chi connectivity index (χ3v) is 4.12. The van der Waals surface area contributed by atoms with Gasteiger partial charge in [0, 0.05) is 24.8 Å². The molecule has 0 bridgehead atoms. The second-order valence-corrected chi connectivity index (χ2v) is 5.63. The Labute approximate surface area is 118 Å². The van der Waals surface area contributed by atoms with Crippen LogP contribution in [0.4, 0.5) is 0 Å². The molecule has 1 aliphatic heterocycles. The summed E-state index contributed by atoms with van der Waals surface area (Å²) < 4.78 is 5.82. The molecule has 0 radical (unpaired) electrons. The zero-order chi connectivity index (χ0) is 13.9. The van der Waals surface area contributed by atoms with Gasteiger partial charge in [-0.05, 0) is 36.8 Å². The molecule has 0 spiro atoms. The van der Waals surface area contributed by atoms with Gasteiger partial charge in [-0.25, -0.2) is 0 Å². The van der Waals surface area contributed by atoms with Gasteiger partial charge in [0.1, 0.15) is 0 Å². The van der Waals surface area contributed by atoms with E-state index in [1.54, 1.807) is 0 Å². The summed E-state index contributed by atoms with van der Waals surface area (Å²) in [5.41, 5.74) is 7.49. The van der Waals surface area contributed by atoms with Crippen molar-refractivity contribution in [2.45, 2.75) is 38.0 Å². The van der Waals surface area contributed by atoms with Crippen LogP contribution in [0.5, 0.6) is 0 Å². The van der Waals surface area contributed by atoms with Gasteiger partial charge in [0.25, 0.3) is 0 Å². The average molecular weight is 275 g/mol. The predicted octanol–water partition coefficient (Wildman–Crippen LogP) is 1.44. The van der Waals surface area contributed by atoms with Crippen molar-refractivity contribution < 1.29 is 9.94 Å². The largest absolute Gasteiger partial charge is 0.409 e. The van der Waals surface area contributed by atoms with Crippen LogP contribution in [0.1, 0.15) is 30.4 Å². The molecule has 2 unspecified atom stereocenters. The molecule has 1 heterocycles. The van der Waals surface area contributed by atoms with Crippen molar-refractivity contribution in [2.24, 2.45) is 16.8 Å². The highest BCUT2D eigenvalue weighted by Crippen LogP contribution is 2.38. The van der Waals surface area contributed by atoms with Crippen LogP contribution in [0.3, 0.4) is 0 Å². The second kappa shape index (κ2) is 5.81. The van der Waals surface area contributed by atoms with Gasteiger partial charge in [-0.15, -0.1) is 0 Å². The Kier molecular flexibility index (Phi) is 3.89. The number of nitrogens with zero attached hydrogens (tertiary/aromatic N) is 1. The number of amidine groups is 1. The van der Waals surface area contributed by atoms with E-state index in [0.717, 1.165) is 36.6 Å². The first-order chi connectivity index (χ1) is 9.78. The Balaban J connectivity index is 1.60. The van der Waals surface area contributed by atoms with Crippen molar-refractivity contribution in [1.29, 1.82) is 0 Å². The molecule has 4 N–H and O–H groups in total. The number of nitrogens with one attached hydrogen (secondary N) is 1. The summed E-state index contributed by atoms with van der Waals surface area (Å²) in [5, 5.41) is 15.3. The Morgan fingerprint density at radius 3 is 3.00 bits per heavy atom. The molecule has 1 aliphatic carbocycles. The fraction of sp³-hybridized carbons (Fsp3) is 0.533. The van der Waals surface area contributed by atoms with Crippen molar-refractivity contribution in [3.05, 3.63) is 35.4 Å². The van der Waals surface area contributed by atoms with E-state index < -0.39 is 0 Å². The number of nitrogens with two attached hydrogens (primary N) is 1. The molecule has 5 heteroatoms. The van der Waals surface area contributed by atoms with Gasteiger partial charge in [-0.3, -0.25) is 0 Å². The van der Waals surface area contributed by atoms with Gasteiger partial charge < -0.3 is 21.0 Å². The molecule has 0 amide bonds. The molecule has 2 aliphatic rings. The van der Waals surface area contributed by atoms with Crippen molar-refractivity contribution in [3.8, 4) is 0 Å². The molecule has 2 fully saturated rings. The van der Waals surface area contributed by atoms with Gasteiger partial charge in [-0.2, -0.15) is 0 Å². The number of oxime groups is 1. The van der Waals surface area contributed by atoms with Gasteiger partial charge in [0.2, 0.25) is 0 Å². The van der Waals surface area contributed by atoms with Crippen molar-refractivity contribution in [1.82, 2.24) is 5.32 Å². The zero-order valence-corrected chi connectivity index (χ0v) is 11.5. The van der Waals surface area contributed by atoms with E-state index in [1.165, 1.54) is 12.8 Å². The van der Waals surface area contributed by atoms with E-state index in [9.17, 15) is 0 Å². The van der Waals surface area contributed by atoms with Gasteiger partial charge in [0.15, 0.2) is 5.84 Å². The van der Waals surface area contributed by atoms with Crippen LogP contribution in [0.2, 0.25) is 0 Å². The van der Waals surface area contributed by atoms with Crippen LogP contribution in [-0.4, -0.2) is 29.8 Å². The third kappa shape index (κ3) is 2.94. The average Bonchev–Trinajstić information content (AvgIpc) is 3.23. The zero-order valence-electron chi connectivity index (χ0n) is 11.5. The Morgan fingerprint density at radius 2 is 2.25 bits per heavy atom. The van der Waals surface area contributed by atoms with E-state index in [1.807, 2.05) is 24.3 Å². The molecular formula is C15H21N3O2. The summed E-state index contributed by atoms with van der Waals surface area (Å²) in [4.78, 5) is 0. The maximum atomic E-state index is 8.72. The fourth-order valence-corrected chi connectivity index (χ4v) is 2.87. The van der Waals surface area contributed by atoms with E-state index >= 15 is 0 Å². The van der Waals surface area contributed by atoms with Gasteiger partial charge >= 0.3 is 0 Å². The van der Waals surface area contributed by atoms with E-state index in [0.29, 0.717) is 12.1 Å². The monoisotopic (exact) mass is 275 g/mol. The lowest BCUT2D eigenvalue weighted by atomic mass is 10.1. The molecule has 0 aromatic heterocycles. The second-order valence-electron chi connectivity index (χ2n) is 5.63. The van der Waals surface area contributed by atoms with Gasteiger partial charge in [0.05, 0.1) is 6.10 Å². The third-order valence-electron chi connectivity index (χ3n) is 4.12. The number of rotatable bonds is 5. The van der Waals surface area contributed by atoms with Crippen LogP contribution in [0, 0.1) is 5.92 Å². The maximum Gasteiger partial charge on any atom is 0.170 e. The summed E-state index contributed by atoms with van der Waals surface area (Å²) >= 11 is 0. The highest BCUT2D eigenvalue weighted by molar-refractivity contribution is 5.97. The predicted molar refractivity (Wildman–Crippen MR) is 76.7 cm³/mol. The lowest BCUT2D eigenvalue weighted by Crippen LogP contribution is -2.37. The van der Waals surface area contributed by atoms with Crippen molar-refractivity contribution in [3.63, 3.8) is 0 Å². The van der Waals surface area contributed by atoms with Crippen LogP contribution >= 0.6 is 0 Å². The summed E-state index contributed by atoms with van der Waals surface area (Å²) in [6.07, 6.45) is 4.09. The summed E-state index contributed by atoms with van der Waals surface area (Å²) in [7, 11) is 0. The molecular weight excluding hydrogens is 254 g/mol. The van der Waals surface area contributed by atoms with Crippen molar-refractivity contribution in [2.75, 3.05) is 6.61 Å². The summed E-state index contributed by atoms with van der Waals surface area (Å²) in [6, 6.07) is 8.21. The van der Waals surface area contributed by atoms with Crippen LogP contribution in [-0.2, 0) is 11.3 Å². The minimum absolute atomic E-state index is 0.145. The minimum Gasteiger partial charge on any atom is -0.409 e. The molecule has 1 saturated heterocycles. The summed E-state index contributed by atoms with van der Waals surface area (Å²) in [6.45, 7) is 1.65. The van der Waals surface area contributed by atoms with E-state index in [4.69, 9.17) is 15.7 Å². The fourth-order valence-electron chi connectivity index (χ4n) is 2.87. The minimum atomic E-state index is 0.145. The molecule has 20 heavy (non-hydrogen) atoms. The molecule has 1 aromatic rings. The summed E-state index contributed by atoms with van der Waals surface area (Å²) in [5.74, 6) is 0.908. The number of hydrogen-bond donors (Lipinski definition) is 3. The van der Waals surface area contributed by atoms with Crippen LogP contribution in [0.25, 0.3) is 0 Å². The van der Waals surface area contributed by atoms with Crippen LogP contribution < -0.4 is 11.1 Å². The number of ether oxygens (including phenoxy) is 1. The molecule has 1 aromatic carbocycles. The molecule has 3 rings (SSSR count).